The third-order valence-electron chi connectivity index (χ3n) is 3.84. The molecule has 0 spiro atoms. The largest absolute Gasteiger partial charge is 0.465 e. The Morgan fingerprint density at radius 3 is 2.19 bits per heavy atom. The van der Waals surface area contributed by atoms with Crippen molar-refractivity contribution >= 4 is 29.2 Å². The first-order valence-corrected chi connectivity index (χ1v) is 8.12. The van der Waals surface area contributed by atoms with Crippen LogP contribution in [-0.2, 0) is 20.8 Å². The molecule has 0 unspecified atom stereocenters. The van der Waals surface area contributed by atoms with E-state index < -0.39 is 11.9 Å². The summed E-state index contributed by atoms with van der Waals surface area (Å²) in [6.45, 7) is 0.0385. The number of ether oxygens (including phenoxy) is 2. The average Bonchev–Trinajstić information content (AvgIpc) is 2.67. The predicted octanol–water partition coefficient (Wildman–Crippen LogP) is 1.25. The molecule has 8 heteroatoms. The van der Waals surface area contributed by atoms with Gasteiger partial charge in [-0.05, 0) is 18.2 Å². The molecule has 0 aliphatic rings. The average molecular weight is 372 g/mol. The van der Waals surface area contributed by atoms with Crippen LogP contribution in [0.15, 0.2) is 42.7 Å². The molecule has 1 aromatic heterocycles. The molecule has 0 aliphatic carbocycles. The number of hydrogen-bond donors (Lipinski definition) is 1. The van der Waals surface area contributed by atoms with Gasteiger partial charge >= 0.3 is 11.9 Å². The molecule has 1 N–H and O–H groups in total. The molecular formula is C19H22N3O5+. The van der Waals surface area contributed by atoms with E-state index in [4.69, 9.17) is 4.74 Å². The Bertz CT molecular complexity index is 847. The van der Waals surface area contributed by atoms with Crippen molar-refractivity contribution in [2.24, 2.45) is 0 Å². The van der Waals surface area contributed by atoms with Crippen molar-refractivity contribution in [2.45, 2.75) is 6.54 Å². The Morgan fingerprint density at radius 2 is 1.63 bits per heavy atom. The molecule has 1 aromatic carbocycles. The number of esters is 2. The number of benzene rings is 1. The zero-order valence-electron chi connectivity index (χ0n) is 15.7. The number of anilines is 2. The first-order valence-electron chi connectivity index (χ1n) is 8.12. The van der Waals surface area contributed by atoms with E-state index in [1.54, 1.807) is 17.0 Å². The molecule has 2 aromatic rings. The van der Waals surface area contributed by atoms with Crippen LogP contribution in [0.4, 0.5) is 11.4 Å². The van der Waals surface area contributed by atoms with Crippen LogP contribution in [0.5, 0.6) is 0 Å². The van der Waals surface area contributed by atoms with Gasteiger partial charge in [0.2, 0.25) is 6.54 Å². The summed E-state index contributed by atoms with van der Waals surface area (Å²) in [5.74, 6) is -1.55. The number of rotatable bonds is 6. The maximum atomic E-state index is 12.4. The van der Waals surface area contributed by atoms with Crippen LogP contribution in [0.25, 0.3) is 0 Å². The van der Waals surface area contributed by atoms with Crippen LogP contribution in [0.1, 0.15) is 20.7 Å². The van der Waals surface area contributed by atoms with Crippen molar-refractivity contribution in [3.05, 3.63) is 53.9 Å². The zero-order chi connectivity index (χ0) is 20.0. The number of amides is 1. The fourth-order valence-corrected chi connectivity index (χ4v) is 2.39. The molecule has 2 rings (SSSR count). The molecule has 0 saturated heterocycles. The first-order chi connectivity index (χ1) is 12.8. The third-order valence-corrected chi connectivity index (χ3v) is 3.84. The summed E-state index contributed by atoms with van der Waals surface area (Å²) in [5, 5.41) is 2.65. The monoisotopic (exact) mass is 372 g/mol. The first kappa shape index (κ1) is 19.9. The number of pyridine rings is 1. The highest BCUT2D eigenvalue weighted by Crippen LogP contribution is 2.19. The molecule has 0 aliphatic heterocycles. The Morgan fingerprint density at radius 1 is 1.00 bits per heavy atom. The summed E-state index contributed by atoms with van der Waals surface area (Å²) in [6.07, 6.45) is 3.56. The number of carbonyl (C=O) groups is 3. The topological polar surface area (TPSA) is 88.8 Å². The van der Waals surface area contributed by atoms with Crippen molar-refractivity contribution in [3.63, 3.8) is 0 Å². The van der Waals surface area contributed by atoms with E-state index in [1.807, 2.05) is 31.1 Å². The second kappa shape index (κ2) is 8.79. The molecule has 8 nitrogen and oxygen atoms in total. The highest BCUT2D eigenvalue weighted by Gasteiger charge is 2.19. The van der Waals surface area contributed by atoms with E-state index in [0.29, 0.717) is 0 Å². The molecule has 0 bridgehead atoms. The van der Waals surface area contributed by atoms with E-state index in [2.05, 4.69) is 10.1 Å². The van der Waals surface area contributed by atoms with Gasteiger partial charge in [0.25, 0.3) is 5.91 Å². The van der Waals surface area contributed by atoms with Crippen LogP contribution in [0.3, 0.4) is 0 Å². The van der Waals surface area contributed by atoms with Gasteiger partial charge in [-0.3, -0.25) is 4.79 Å². The molecule has 1 heterocycles. The smallest absolute Gasteiger partial charge is 0.339 e. The number of hydrogen-bond acceptors (Lipinski definition) is 6. The number of aromatic nitrogens is 1. The highest BCUT2D eigenvalue weighted by atomic mass is 16.5. The zero-order valence-corrected chi connectivity index (χ0v) is 15.7. The van der Waals surface area contributed by atoms with Crippen molar-refractivity contribution in [2.75, 3.05) is 38.5 Å². The van der Waals surface area contributed by atoms with Crippen LogP contribution >= 0.6 is 0 Å². The van der Waals surface area contributed by atoms with Gasteiger partial charge in [0.1, 0.15) is 0 Å². The summed E-state index contributed by atoms with van der Waals surface area (Å²) in [6, 6.07) is 7.99. The summed E-state index contributed by atoms with van der Waals surface area (Å²) in [5.41, 5.74) is 1.54. The lowest BCUT2D eigenvalue weighted by atomic mass is 10.1. The second-order valence-corrected chi connectivity index (χ2v) is 5.91. The minimum Gasteiger partial charge on any atom is -0.465 e. The Balaban J connectivity index is 2.21. The lowest BCUT2D eigenvalue weighted by molar-refractivity contribution is -0.684. The second-order valence-electron chi connectivity index (χ2n) is 5.91. The summed E-state index contributed by atoms with van der Waals surface area (Å²) >= 11 is 0. The summed E-state index contributed by atoms with van der Waals surface area (Å²) in [7, 11) is 6.34. The Labute approximate surface area is 157 Å². The predicted molar refractivity (Wildman–Crippen MR) is 98.7 cm³/mol. The molecule has 27 heavy (non-hydrogen) atoms. The molecule has 0 fully saturated rings. The van der Waals surface area contributed by atoms with Gasteiger partial charge in [0.05, 0.1) is 31.0 Å². The third kappa shape index (κ3) is 5.04. The van der Waals surface area contributed by atoms with Gasteiger partial charge in [-0.25, -0.2) is 9.59 Å². The van der Waals surface area contributed by atoms with Crippen molar-refractivity contribution in [1.29, 1.82) is 0 Å². The fraction of sp³-hybridized carbons (Fsp3) is 0.263. The molecule has 1 amide bonds. The minimum absolute atomic E-state index is 0.0385. The number of methoxy groups -OCH3 is 2. The van der Waals surface area contributed by atoms with Crippen LogP contribution in [-0.4, -0.2) is 46.2 Å². The van der Waals surface area contributed by atoms with Gasteiger partial charge in [-0.2, -0.15) is 4.57 Å². The van der Waals surface area contributed by atoms with E-state index >= 15 is 0 Å². The van der Waals surface area contributed by atoms with E-state index in [1.165, 1.54) is 32.4 Å². The van der Waals surface area contributed by atoms with Crippen molar-refractivity contribution < 1.29 is 28.4 Å². The summed E-state index contributed by atoms with van der Waals surface area (Å²) in [4.78, 5) is 38.0. The standard InChI is InChI=1S/C19H21N3O5/c1-21(2)14-7-9-22(10-8-14)12-17(23)20-16-11-13(18(24)26-3)5-6-15(16)19(25)27-4/h5-11H,12H2,1-4H3/p+1. The van der Waals surface area contributed by atoms with E-state index in [0.717, 1.165) is 5.69 Å². The van der Waals surface area contributed by atoms with Gasteiger partial charge in [-0.15, -0.1) is 0 Å². The minimum atomic E-state index is -0.621. The number of carbonyl (C=O) groups excluding carboxylic acids is 3. The van der Waals surface area contributed by atoms with Gasteiger partial charge < -0.3 is 19.7 Å². The van der Waals surface area contributed by atoms with Gasteiger partial charge in [0.15, 0.2) is 12.4 Å². The van der Waals surface area contributed by atoms with Crippen molar-refractivity contribution in [3.8, 4) is 0 Å². The Hall–Kier alpha value is -3.42. The van der Waals surface area contributed by atoms with Gasteiger partial charge in [-0.1, -0.05) is 0 Å². The lowest BCUT2D eigenvalue weighted by Crippen LogP contribution is -2.39. The van der Waals surface area contributed by atoms with Crippen LogP contribution in [0, 0.1) is 0 Å². The molecular weight excluding hydrogens is 350 g/mol. The lowest BCUT2D eigenvalue weighted by Gasteiger charge is -2.11. The van der Waals surface area contributed by atoms with Gasteiger partial charge in [0, 0.05) is 31.9 Å². The molecule has 0 atom stereocenters. The SMILES string of the molecule is COC(=O)c1ccc(C(=O)OC)c(NC(=O)C[n+]2ccc(N(C)C)cc2)c1. The maximum Gasteiger partial charge on any atom is 0.339 e. The summed E-state index contributed by atoms with van der Waals surface area (Å²) < 4.78 is 11.1. The molecule has 0 saturated carbocycles. The van der Waals surface area contributed by atoms with E-state index in [9.17, 15) is 14.4 Å². The van der Waals surface area contributed by atoms with E-state index in [-0.39, 0.29) is 29.3 Å². The van der Waals surface area contributed by atoms with Crippen molar-refractivity contribution in [1.82, 2.24) is 0 Å². The fourth-order valence-electron chi connectivity index (χ4n) is 2.39. The highest BCUT2D eigenvalue weighted by molar-refractivity contribution is 6.03. The maximum absolute atomic E-state index is 12.4. The van der Waals surface area contributed by atoms with Crippen LogP contribution < -0.4 is 14.8 Å². The van der Waals surface area contributed by atoms with Crippen LogP contribution in [0.2, 0.25) is 0 Å². The Kier molecular flexibility index (Phi) is 6.48. The number of nitrogens with zero attached hydrogens (tertiary/aromatic N) is 2. The normalized spacial score (nSPS) is 10.1. The quantitative estimate of drug-likeness (QED) is 0.607. The molecule has 142 valence electrons. The molecule has 0 radical (unpaired) electrons. The number of nitrogens with one attached hydrogen (secondary N) is 1.